The molecule has 0 N–H and O–H groups in total. The summed E-state index contributed by atoms with van der Waals surface area (Å²) >= 11 is 0. The standard InChI is InChI=1S/C31H44N2O2/c1-22(2)15-17-30(5,6)28(34)25-11-9-24(10-12-25)19-32-21-27-14-13-26(20-33-27)29(35)31(7,8)18-16-23(3)4/h9-14,19-20,22-23H,15-18,21H2,1-8H3. The highest BCUT2D eigenvalue weighted by Crippen LogP contribution is 2.30. The van der Waals surface area contributed by atoms with Gasteiger partial charge in [-0.15, -0.1) is 0 Å². The van der Waals surface area contributed by atoms with E-state index in [9.17, 15) is 9.59 Å². The lowest BCUT2D eigenvalue weighted by atomic mass is 9.79. The number of nitrogens with zero attached hydrogens (tertiary/aromatic N) is 2. The van der Waals surface area contributed by atoms with Gasteiger partial charge in [-0.25, -0.2) is 0 Å². The molecule has 0 amide bonds. The molecule has 0 bridgehead atoms. The van der Waals surface area contributed by atoms with Gasteiger partial charge in [0.05, 0.1) is 12.2 Å². The Morgan fingerprint density at radius 3 is 1.74 bits per heavy atom. The van der Waals surface area contributed by atoms with Crippen LogP contribution in [-0.2, 0) is 6.54 Å². The summed E-state index contributed by atoms with van der Waals surface area (Å²) in [7, 11) is 0. The lowest BCUT2D eigenvalue weighted by Gasteiger charge is -2.24. The first kappa shape index (κ1) is 28.6. The SMILES string of the molecule is CC(C)CCC(C)(C)C(=O)c1ccc(C=NCc2ccc(C(=O)C(C)(C)CCC(C)C)cn2)cc1. The Balaban J connectivity index is 1.95. The van der Waals surface area contributed by atoms with Gasteiger partial charge in [-0.2, -0.15) is 0 Å². The molecule has 0 aliphatic rings. The van der Waals surface area contributed by atoms with Crippen LogP contribution in [0.5, 0.6) is 0 Å². The molecule has 2 rings (SSSR count). The van der Waals surface area contributed by atoms with E-state index in [0.717, 1.165) is 42.5 Å². The first-order valence-electron chi connectivity index (χ1n) is 13.0. The maximum Gasteiger partial charge on any atom is 0.169 e. The van der Waals surface area contributed by atoms with Gasteiger partial charge in [-0.3, -0.25) is 19.6 Å². The van der Waals surface area contributed by atoms with E-state index >= 15 is 0 Å². The first-order chi connectivity index (χ1) is 16.3. The van der Waals surface area contributed by atoms with E-state index < -0.39 is 0 Å². The van der Waals surface area contributed by atoms with Crippen LogP contribution in [-0.4, -0.2) is 22.8 Å². The second-order valence-corrected chi connectivity index (χ2v) is 11.9. The molecule has 4 heteroatoms. The minimum Gasteiger partial charge on any atom is -0.294 e. The van der Waals surface area contributed by atoms with Gasteiger partial charge in [0.15, 0.2) is 11.6 Å². The van der Waals surface area contributed by atoms with Crippen LogP contribution in [0.4, 0.5) is 0 Å². The van der Waals surface area contributed by atoms with Gasteiger partial charge in [-0.1, -0.05) is 92.5 Å². The number of pyridine rings is 1. The second kappa shape index (κ2) is 12.4. The van der Waals surface area contributed by atoms with Crippen LogP contribution in [0.15, 0.2) is 47.6 Å². The molecule has 0 aliphatic carbocycles. The van der Waals surface area contributed by atoms with E-state index in [0.29, 0.717) is 23.9 Å². The van der Waals surface area contributed by atoms with Gasteiger partial charge in [0.2, 0.25) is 0 Å². The van der Waals surface area contributed by atoms with Crippen molar-refractivity contribution in [3.05, 3.63) is 65.0 Å². The van der Waals surface area contributed by atoms with Crippen LogP contribution in [0, 0.1) is 22.7 Å². The highest BCUT2D eigenvalue weighted by atomic mass is 16.1. The van der Waals surface area contributed by atoms with Crippen molar-refractivity contribution in [3.63, 3.8) is 0 Å². The molecule has 35 heavy (non-hydrogen) atoms. The summed E-state index contributed by atoms with van der Waals surface area (Å²) in [5, 5.41) is 0. The van der Waals surface area contributed by atoms with E-state index in [1.165, 1.54) is 0 Å². The summed E-state index contributed by atoms with van der Waals surface area (Å²) in [6.07, 6.45) is 7.31. The summed E-state index contributed by atoms with van der Waals surface area (Å²) in [6.45, 7) is 17.3. The molecule has 0 radical (unpaired) electrons. The summed E-state index contributed by atoms with van der Waals surface area (Å²) < 4.78 is 0. The molecule has 1 heterocycles. The second-order valence-electron chi connectivity index (χ2n) is 11.9. The summed E-state index contributed by atoms with van der Waals surface area (Å²) in [6, 6.07) is 11.4. The highest BCUT2D eigenvalue weighted by molar-refractivity contribution is 6.00. The number of carbonyl (C=O) groups is 2. The third kappa shape index (κ3) is 8.83. The molecular weight excluding hydrogens is 432 g/mol. The maximum absolute atomic E-state index is 12.9. The number of benzene rings is 1. The Bertz CT molecular complexity index is 997. The van der Waals surface area contributed by atoms with Gasteiger partial charge in [0.25, 0.3) is 0 Å². The van der Waals surface area contributed by atoms with E-state index in [-0.39, 0.29) is 22.4 Å². The lowest BCUT2D eigenvalue weighted by molar-refractivity contribution is 0.0812. The van der Waals surface area contributed by atoms with Crippen LogP contribution in [0.1, 0.15) is 113 Å². The van der Waals surface area contributed by atoms with E-state index in [4.69, 9.17) is 0 Å². The number of Topliss-reactive ketones (excluding diaryl/α,β-unsaturated/α-hetero) is 2. The van der Waals surface area contributed by atoms with Crippen molar-refractivity contribution in [2.24, 2.45) is 27.7 Å². The molecule has 0 unspecified atom stereocenters. The lowest BCUT2D eigenvalue weighted by Crippen LogP contribution is -2.25. The third-order valence-electron chi connectivity index (χ3n) is 6.68. The molecule has 0 aliphatic heterocycles. The number of hydrogen-bond acceptors (Lipinski definition) is 4. The summed E-state index contributed by atoms with van der Waals surface area (Å²) in [5.74, 6) is 1.50. The predicted molar refractivity (Wildman–Crippen MR) is 146 cm³/mol. The molecule has 0 fully saturated rings. The van der Waals surface area contributed by atoms with Crippen molar-refractivity contribution in [2.75, 3.05) is 0 Å². The van der Waals surface area contributed by atoms with Crippen molar-refractivity contribution < 1.29 is 9.59 Å². The zero-order valence-corrected chi connectivity index (χ0v) is 23.0. The fourth-order valence-corrected chi connectivity index (χ4v) is 3.93. The first-order valence-corrected chi connectivity index (χ1v) is 13.0. The Morgan fingerprint density at radius 1 is 0.800 bits per heavy atom. The molecule has 0 spiro atoms. The van der Waals surface area contributed by atoms with Crippen molar-refractivity contribution in [1.29, 1.82) is 0 Å². The van der Waals surface area contributed by atoms with Crippen molar-refractivity contribution in [3.8, 4) is 0 Å². The van der Waals surface area contributed by atoms with E-state index in [1.54, 1.807) is 12.4 Å². The molecule has 2 aromatic rings. The molecule has 4 nitrogen and oxygen atoms in total. The van der Waals surface area contributed by atoms with Crippen LogP contribution >= 0.6 is 0 Å². The zero-order chi connectivity index (χ0) is 26.2. The minimum absolute atomic E-state index is 0.141. The van der Waals surface area contributed by atoms with Gasteiger partial charge in [-0.05, 0) is 42.4 Å². The number of rotatable bonds is 13. The summed E-state index contributed by atoms with van der Waals surface area (Å²) in [5.41, 5.74) is 2.42. The molecular formula is C31H44N2O2. The molecule has 0 saturated heterocycles. The fourth-order valence-electron chi connectivity index (χ4n) is 3.93. The van der Waals surface area contributed by atoms with E-state index in [1.807, 2.05) is 64.1 Å². The Hall–Kier alpha value is -2.62. The number of carbonyl (C=O) groups excluding carboxylic acids is 2. The van der Waals surface area contributed by atoms with Gasteiger partial charge in [0.1, 0.15) is 0 Å². The average Bonchev–Trinajstić information content (AvgIpc) is 2.81. The predicted octanol–water partition coefficient (Wildman–Crippen LogP) is 7.99. The van der Waals surface area contributed by atoms with Gasteiger partial charge >= 0.3 is 0 Å². The highest BCUT2D eigenvalue weighted by Gasteiger charge is 2.29. The Kier molecular flexibility index (Phi) is 10.1. The molecule has 0 saturated carbocycles. The quantitative estimate of drug-likeness (QED) is 0.217. The number of aromatic nitrogens is 1. The Morgan fingerprint density at radius 2 is 1.29 bits per heavy atom. The van der Waals surface area contributed by atoms with Crippen LogP contribution in [0.3, 0.4) is 0 Å². The number of hydrogen-bond donors (Lipinski definition) is 0. The molecule has 0 atom stereocenters. The molecule has 1 aromatic heterocycles. The summed E-state index contributed by atoms with van der Waals surface area (Å²) in [4.78, 5) is 34.8. The van der Waals surface area contributed by atoms with Crippen LogP contribution < -0.4 is 0 Å². The van der Waals surface area contributed by atoms with Crippen molar-refractivity contribution in [1.82, 2.24) is 4.98 Å². The topological polar surface area (TPSA) is 59.4 Å². The average molecular weight is 477 g/mol. The van der Waals surface area contributed by atoms with Crippen LogP contribution in [0.2, 0.25) is 0 Å². The van der Waals surface area contributed by atoms with Crippen molar-refractivity contribution >= 4 is 17.8 Å². The smallest absolute Gasteiger partial charge is 0.169 e. The number of ketones is 2. The van der Waals surface area contributed by atoms with Gasteiger partial charge in [0, 0.05) is 34.4 Å². The normalized spacial score (nSPS) is 12.6. The molecule has 1 aromatic carbocycles. The minimum atomic E-state index is -0.386. The zero-order valence-electron chi connectivity index (χ0n) is 23.0. The van der Waals surface area contributed by atoms with Gasteiger partial charge < -0.3 is 0 Å². The largest absolute Gasteiger partial charge is 0.294 e. The van der Waals surface area contributed by atoms with Crippen molar-refractivity contribution in [2.45, 2.75) is 87.6 Å². The molecule has 190 valence electrons. The van der Waals surface area contributed by atoms with Crippen LogP contribution in [0.25, 0.3) is 0 Å². The fraction of sp³-hybridized carbons (Fsp3) is 0.548. The number of aliphatic imine (C=N–C) groups is 1. The monoisotopic (exact) mass is 476 g/mol. The Labute approximate surface area is 212 Å². The van der Waals surface area contributed by atoms with E-state index in [2.05, 4.69) is 37.7 Å². The third-order valence-corrected chi connectivity index (χ3v) is 6.68. The maximum atomic E-state index is 12.9.